The van der Waals surface area contributed by atoms with E-state index >= 15 is 0 Å². The first-order valence-electron chi connectivity index (χ1n) is 32.1. The second kappa shape index (κ2) is 50.2. The molecule has 0 unspecified atom stereocenters. The molecule has 24 heteroatoms. The van der Waals surface area contributed by atoms with Crippen molar-refractivity contribution in [1.82, 2.24) is 55.1 Å². The first kappa shape index (κ1) is 88.8. The maximum absolute atomic E-state index is 12.2. The lowest BCUT2D eigenvalue weighted by molar-refractivity contribution is 0.0145. The van der Waals surface area contributed by atoms with Crippen LogP contribution >= 0.6 is 0 Å². The second-order valence-corrected chi connectivity index (χ2v) is 26.7. The van der Waals surface area contributed by atoms with E-state index in [-0.39, 0.29) is 30.4 Å². The third-order valence-electron chi connectivity index (χ3n) is 12.8. The first-order valence-corrected chi connectivity index (χ1v) is 33.9. The van der Waals surface area contributed by atoms with Crippen molar-refractivity contribution in [3.8, 4) is 49.4 Å². The molecule has 0 atom stereocenters. The van der Waals surface area contributed by atoms with Crippen molar-refractivity contribution in [3.63, 3.8) is 0 Å². The van der Waals surface area contributed by atoms with E-state index in [1.807, 2.05) is 46.4 Å². The van der Waals surface area contributed by atoms with E-state index in [2.05, 4.69) is 115 Å². The molecule has 90 heavy (non-hydrogen) atoms. The topological polar surface area (TPSA) is 223 Å². The van der Waals surface area contributed by atoms with Gasteiger partial charge in [0.05, 0.1) is 12.9 Å². The molecule has 4 fully saturated rings. The van der Waals surface area contributed by atoms with Crippen molar-refractivity contribution in [2.75, 3.05) is 176 Å². The zero-order valence-electron chi connectivity index (χ0n) is 59.4. The third-order valence-corrected chi connectivity index (χ3v) is 13.4. The molecular weight excluding hydrogens is 1170 g/mol. The highest BCUT2D eigenvalue weighted by molar-refractivity contribution is 7.85. The van der Waals surface area contributed by atoms with Crippen molar-refractivity contribution in [1.29, 1.82) is 0 Å². The second-order valence-electron chi connectivity index (χ2n) is 25.1. The number of rotatable bonds is 15. The molecule has 0 aromatic heterocycles. The highest BCUT2D eigenvalue weighted by atomic mass is 32.2. The molecule has 3 N–H and O–H groups in total. The molecule has 4 heterocycles. The van der Waals surface area contributed by atoms with E-state index in [0.29, 0.717) is 25.9 Å². The van der Waals surface area contributed by atoms with Gasteiger partial charge in [-0.3, -0.25) is 24.2 Å². The summed E-state index contributed by atoms with van der Waals surface area (Å²) in [6.45, 7) is 58.6. The average molecular weight is 1290 g/mol. The van der Waals surface area contributed by atoms with Gasteiger partial charge in [0.15, 0.2) is 0 Å². The predicted octanol–water partition coefficient (Wildman–Crippen LogP) is 7.43. The summed E-state index contributed by atoms with van der Waals surface area (Å²) in [5, 5.41) is 9.06. The van der Waals surface area contributed by atoms with Crippen LogP contribution in [-0.4, -0.2) is 277 Å². The standard InChI is InChI=1S/C19H32N4O4.C13H22N2O2.C9H18N2O2.C8H14N2.2C6H15N.C5H8O3S/c1-8-9-10-22-11-13-23(14-12-22)15(20-16(24)26-18(2,3)4)21-17(25)27-19(5,6)7;1-5-6-7-14-8-10-15(11-9-14)12(16)17-13(2,3)4;1-9(2,3)13-8(12)11-6-4-10-5-7-11;1-2-3-6-10-7-4-9-5-8-10;2*1-4-7(5-2)6-3;1-3-4-5-8-9(2,6)7/h1H,9-14H2,2-7H3,(H,20,21,24,25);1H,6-11H2,2-4H3;10H,4-7H2,1-3H3;1,9H,3-8H2;2*4-6H2,1-3H3;1H,4-5H2,2H3. The number of nitrogens with zero attached hydrogens (tertiary/aromatic N) is 9. The lowest BCUT2D eigenvalue weighted by Gasteiger charge is -2.36. The zero-order chi connectivity index (χ0) is 69.4. The minimum atomic E-state index is -3.29. The summed E-state index contributed by atoms with van der Waals surface area (Å²) in [4.78, 5) is 68.5. The lowest BCUT2D eigenvalue weighted by atomic mass is 10.2. The molecule has 0 aliphatic carbocycles. The van der Waals surface area contributed by atoms with E-state index in [1.54, 1.807) is 51.3 Å². The number of ether oxygens (including phenoxy) is 4. The van der Waals surface area contributed by atoms with Crippen LogP contribution in [0.4, 0.5) is 19.2 Å². The van der Waals surface area contributed by atoms with Crippen molar-refractivity contribution in [2.24, 2.45) is 4.99 Å². The summed E-state index contributed by atoms with van der Waals surface area (Å²) in [5.41, 5.74) is -2.14. The van der Waals surface area contributed by atoms with Crippen LogP contribution in [0, 0.1) is 49.4 Å². The first-order chi connectivity index (χ1) is 42.0. The highest BCUT2D eigenvalue weighted by Gasteiger charge is 2.28. The van der Waals surface area contributed by atoms with E-state index in [4.69, 9.17) is 44.6 Å². The van der Waals surface area contributed by atoms with Gasteiger partial charge >= 0.3 is 24.4 Å². The fourth-order valence-electron chi connectivity index (χ4n) is 7.98. The summed E-state index contributed by atoms with van der Waals surface area (Å²) in [5.74, 6) is 10.3. The number of carbonyl (C=O) groups excluding carboxylic acids is 4. The van der Waals surface area contributed by atoms with Crippen molar-refractivity contribution >= 4 is 40.5 Å². The number of terminal acetylenes is 4. The Labute approximate surface area is 547 Å². The van der Waals surface area contributed by atoms with Crippen molar-refractivity contribution in [2.45, 2.75) is 173 Å². The van der Waals surface area contributed by atoms with Gasteiger partial charge in [-0.2, -0.15) is 8.42 Å². The Bertz CT molecular complexity index is 2210. The van der Waals surface area contributed by atoms with Gasteiger partial charge in [0.2, 0.25) is 5.96 Å². The zero-order valence-corrected chi connectivity index (χ0v) is 60.3. The number of amides is 4. The van der Waals surface area contributed by atoms with Gasteiger partial charge in [-0.15, -0.1) is 54.4 Å². The molecule has 4 aliphatic heterocycles. The Hall–Kier alpha value is -5.38. The van der Waals surface area contributed by atoms with Crippen LogP contribution in [0.15, 0.2) is 4.99 Å². The molecule has 4 saturated heterocycles. The van der Waals surface area contributed by atoms with Gasteiger partial charge in [-0.05, 0) is 122 Å². The molecule has 0 aromatic rings. The summed E-state index contributed by atoms with van der Waals surface area (Å²) in [6.07, 6.45) is 22.4. The maximum atomic E-state index is 12.2. The molecule has 0 radical (unpaired) electrons. The Balaban J connectivity index is -0.00000104. The van der Waals surface area contributed by atoms with E-state index in [1.165, 1.54) is 39.3 Å². The molecule has 0 aromatic carbocycles. The van der Waals surface area contributed by atoms with Gasteiger partial charge in [0.25, 0.3) is 10.1 Å². The number of hydrogen-bond donors (Lipinski definition) is 3. The van der Waals surface area contributed by atoms with E-state index in [9.17, 15) is 27.6 Å². The van der Waals surface area contributed by atoms with Crippen LogP contribution in [0.2, 0.25) is 0 Å². The van der Waals surface area contributed by atoms with Crippen molar-refractivity contribution < 1.29 is 50.7 Å². The minimum absolute atomic E-state index is 0.0787. The molecule has 23 nitrogen and oxygen atoms in total. The molecule has 0 spiro atoms. The normalized spacial score (nSPS) is 15.9. The SMILES string of the molecule is C#CCCN1CCN(C(=NC(=O)OC(C)(C)C)NC(=O)OC(C)(C)C)CC1.C#CCCN1CCN(C(=O)OC(C)(C)C)CC1.C#CCCN1CCNCC1.C#CCCOS(C)(=O)=O.CC(C)(C)OC(=O)N1CCNCC1.CCN(CC)CC.CCN(CC)CC. The van der Waals surface area contributed by atoms with Crippen LogP contribution in [0.3, 0.4) is 0 Å². The fraction of sp³-hybridized carbons (Fsp3) is 0.803. The Kier molecular flexibility index (Phi) is 49.6. The number of aliphatic imine (C=N–C) groups is 1. The molecular formula is C66H124N12O11S. The third kappa shape index (κ3) is 54.4. The number of alkyl carbamates (subject to hydrolysis) is 1. The van der Waals surface area contributed by atoms with Crippen LogP contribution in [0.25, 0.3) is 0 Å². The summed E-state index contributed by atoms with van der Waals surface area (Å²) in [7, 11) is -3.29. The summed E-state index contributed by atoms with van der Waals surface area (Å²) >= 11 is 0. The van der Waals surface area contributed by atoms with E-state index in [0.717, 1.165) is 130 Å². The lowest BCUT2D eigenvalue weighted by Crippen LogP contribution is -2.54. The average Bonchev–Trinajstić information content (AvgIpc) is 2.30. The minimum Gasteiger partial charge on any atom is -0.444 e. The smallest absolute Gasteiger partial charge is 0.437 e. The Morgan fingerprint density at radius 1 is 0.467 bits per heavy atom. The highest BCUT2D eigenvalue weighted by Crippen LogP contribution is 2.14. The quantitative estimate of drug-likeness (QED) is 0.0362. The van der Waals surface area contributed by atoms with Gasteiger partial charge < -0.3 is 54.1 Å². The van der Waals surface area contributed by atoms with Crippen molar-refractivity contribution in [3.05, 3.63) is 0 Å². The van der Waals surface area contributed by atoms with Crippen LogP contribution in [-0.2, 0) is 33.2 Å². The van der Waals surface area contributed by atoms with Crippen LogP contribution < -0.4 is 16.0 Å². The Morgan fingerprint density at radius 2 is 0.778 bits per heavy atom. The molecule has 4 aliphatic rings. The van der Waals surface area contributed by atoms with Crippen LogP contribution in [0.5, 0.6) is 0 Å². The number of nitrogens with one attached hydrogen (secondary N) is 3. The fourth-order valence-corrected chi connectivity index (χ4v) is 8.36. The molecule has 4 rings (SSSR count). The van der Waals surface area contributed by atoms with Crippen LogP contribution in [0.1, 0.15) is 150 Å². The van der Waals surface area contributed by atoms with E-state index < -0.39 is 39.1 Å². The van der Waals surface area contributed by atoms with Gasteiger partial charge in [0, 0.05) is 150 Å². The van der Waals surface area contributed by atoms with Gasteiger partial charge in [-0.25, -0.2) is 19.2 Å². The maximum Gasteiger partial charge on any atom is 0.437 e. The largest absolute Gasteiger partial charge is 0.444 e. The molecule has 0 saturated carbocycles. The number of carbonyl (C=O) groups is 4. The predicted molar refractivity (Wildman–Crippen MR) is 367 cm³/mol. The monoisotopic (exact) mass is 1290 g/mol. The molecule has 520 valence electrons. The molecule has 4 amide bonds. The number of piperazine rings is 4. The van der Waals surface area contributed by atoms with Gasteiger partial charge in [-0.1, -0.05) is 41.5 Å². The number of guanidine groups is 1. The number of hydrogen-bond acceptors (Lipinski definition) is 18. The summed E-state index contributed by atoms with van der Waals surface area (Å²) in [6, 6.07) is 0. The van der Waals surface area contributed by atoms with Gasteiger partial charge in [0.1, 0.15) is 22.4 Å². The summed E-state index contributed by atoms with van der Waals surface area (Å²) < 4.78 is 45.8. The molecule has 0 bridgehead atoms. The Morgan fingerprint density at radius 3 is 1.08 bits per heavy atom.